The van der Waals surface area contributed by atoms with Crippen LogP contribution in [0.2, 0.25) is 0 Å². The van der Waals surface area contributed by atoms with Gasteiger partial charge in [0.15, 0.2) is 24.4 Å². The van der Waals surface area contributed by atoms with Crippen LogP contribution in [0.15, 0.2) is 5.16 Å². The van der Waals surface area contributed by atoms with Gasteiger partial charge in [0.1, 0.15) is 6.61 Å². The van der Waals surface area contributed by atoms with Gasteiger partial charge < -0.3 is 38.0 Å². The first-order valence-electron chi connectivity index (χ1n) is 12.5. The molecule has 1 aliphatic rings. The molecular formula is C25H37NO14. The molecule has 40 heavy (non-hydrogen) atoms. The van der Waals surface area contributed by atoms with Gasteiger partial charge in [0.2, 0.25) is 6.29 Å². The molecule has 1 rings (SSSR count). The second-order valence-corrected chi connectivity index (χ2v) is 8.68. The Balaban J connectivity index is 3.70. The third kappa shape index (κ3) is 12.4. The third-order valence-electron chi connectivity index (χ3n) is 5.26. The summed E-state index contributed by atoms with van der Waals surface area (Å²) in [5.74, 6) is -5.65. The summed E-state index contributed by atoms with van der Waals surface area (Å²) >= 11 is 0. The zero-order valence-corrected chi connectivity index (χ0v) is 23.7. The van der Waals surface area contributed by atoms with E-state index in [2.05, 4.69) is 5.16 Å². The molecule has 0 fully saturated rings. The summed E-state index contributed by atoms with van der Waals surface area (Å²) in [5.41, 5.74) is 0.305. The fraction of sp³-hybridized carbons (Fsp3) is 0.720. The molecule has 0 aromatic heterocycles. The molecule has 15 heteroatoms. The highest BCUT2D eigenvalue weighted by atomic mass is 16.8. The number of hydrogen-bond donors (Lipinski definition) is 0. The Bertz CT molecular complexity index is 948. The highest BCUT2D eigenvalue weighted by Crippen LogP contribution is 2.31. The van der Waals surface area contributed by atoms with Gasteiger partial charge >= 0.3 is 35.8 Å². The Labute approximate surface area is 231 Å². The molecule has 226 valence electrons. The third-order valence-corrected chi connectivity index (χ3v) is 5.26. The number of carbonyl (C=O) groups excluding carboxylic acids is 6. The van der Waals surface area contributed by atoms with Gasteiger partial charge in [0, 0.05) is 54.1 Å². The van der Waals surface area contributed by atoms with Crippen LogP contribution >= 0.6 is 0 Å². The number of rotatable bonds is 16. The van der Waals surface area contributed by atoms with Crippen LogP contribution in [-0.4, -0.2) is 92.1 Å². The molecule has 0 spiro atoms. The van der Waals surface area contributed by atoms with Crippen molar-refractivity contribution in [1.82, 2.24) is 0 Å². The lowest BCUT2D eigenvalue weighted by Crippen LogP contribution is -2.56. The van der Waals surface area contributed by atoms with Gasteiger partial charge in [0.25, 0.3) is 0 Å². The van der Waals surface area contributed by atoms with E-state index in [1.54, 1.807) is 6.92 Å². The normalized spacial score (nSPS) is 18.0. The molecule has 0 amide bonds. The molecule has 0 radical (unpaired) electrons. The summed E-state index contributed by atoms with van der Waals surface area (Å²) in [6, 6.07) is 0. The first-order chi connectivity index (χ1) is 18.7. The molecule has 1 heterocycles. The van der Waals surface area contributed by atoms with Crippen molar-refractivity contribution in [2.45, 2.75) is 92.0 Å². The standard InChI is InChI=1S/C25H37NO14/c1-8-33-22-11-20(26-40-22)19(9-10-34-13(2)27)23(37-16(5)30)25(39-18(7)32)24(38-17(6)31)21(36-15(4)29)12-35-14(3)28/h19,21-25H,8-12H2,1-7H3/t19-,21+,22+,23-,24-,25+/m0/s1. The van der Waals surface area contributed by atoms with Gasteiger partial charge in [-0.3, -0.25) is 28.8 Å². The maximum absolute atomic E-state index is 12.3. The fourth-order valence-corrected chi connectivity index (χ4v) is 3.95. The Hall–Kier alpha value is -3.75. The molecule has 0 saturated carbocycles. The van der Waals surface area contributed by atoms with Crippen molar-refractivity contribution in [3.63, 3.8) is 0 Å². The first-order valence-corrected chi connectivity index (χ1v) is 12.5. The molecule has 0 unspecified atom stereocenters. The Morgan fingerprint density at radius 3 is 1.77 bits per heavy atom. The van der Waals surface area contributed by atoms with Crippen molar-refractivity contribution in [2.24, 2.45) is 11.1 Å². The molecule has 0 N–H and O–H groups in total. The summed E-state index contributed by atoms with van der Waals surface area (Å²) in [6.45, 7) is 7.89. The molecule has 1 aliphatic heterocycles. The number of esters is 6. The lowest BCUT2D eigenvalue weighted by molar-refractivity contribution is -0.205. The van der Waals surface area contributed by atoms with E-state index in [0.717, 1.165) is 34.6 Å². The molecule has 0 aromatic rings. The molecule has 0 aliphatic carbocycles. The molecule has 15 nitrogen and oxygen atoms in total. The Kier molecular flexibility index (Phi) is 14.6. The van der Waals surface area contributed by atoms with Crippen LogP contribution in [0, 0.1) is 5.92 Å². The largest absolute Gasteiger partial charge is 0.466 e. The minimum absolute atomic E-state index is 0.00863. The van der Waals surface area contributed by atoms with Crippen molar-refractivity contribution < 1.29 is 66.8 Å². The van der Waals surface area contributed by atoms with Crippen LogP contribution < -0.4 is 0 Å². The topological polar surface area (TPSA) is 189 Å². The average molecular weight is 576 g/mol. The van der Waals surface area contributed by atoms with E-state index in [0.29, 0.717) is 12.3 Å². The quantitative estimate of drug-likeness (QED) is 0.187. The lowest BCUT2D eigenvalue weighted by atomic mass is 9.85. The number of nitrogens with zero attached hydrogens (tertiary/aromatic N) is 1. The molecular weight excluding hydrogens is 538 g/mol. The van der Waals surface area contributed by atoms with E-state index in [1.165, 1.54) is 6.92 Å². The second kappa shape index (κ2) is 17.0. The zero-order chi connectivity index (χ0) is 30.4. The number of hydrogen-bond acceptors (Lipinski definition) is 15. The van der Waals surface area contributed by atoms with Gasteiger partial charge in [-0.1, -0.05) is 5.16 Å². The van der Waals surface area contributed by atoms with Crippen molar-refractivity contribution in [3.8, 4) is 0 Å². The smallest absolute Gasteiger partial charge is 0.303 e. The average Bonchev–Trinajstić information content (AvgIpc) is 3.28. The minimum Gasteiger partial charge on any atom is -0.466 e. The fourth-order valence-electron chi connectivity index (χ4n) is 3.95. The Morgan fingerprint density at radius 1 is 0.750 bits per heavy atom. The van der Waals surface area contributed by atoms with Crippen molar-refractivity contribution in [2.75, 3.05) is 19.8 Å². The molecule has 0 aromatic carbocycles. The second-order valence-electron chi connectivity index (χ2n) is 8.68. The van der Waals surface area contributed by atoms with Crippen LogP contribution in [0.1, 0.15) is 61.3 Å². The van der Waals surface area contributed by atoms with Gasteiger partial charge in [-0.05, 0) is 13.3 Å². The maximum atomic E-state index is 12.3. The predicted molar refractivity (Wildman–Crippen MR) is 132 cm³/mol. The lowest BCUT2D eigenvalue weighted by Gasteiger charge is -2.38. The first kappa shape index (κ1) is 34.3. The van der Waals surface area contributed by atoms with E-state index in [-0.39, 0.29) is 19.4 Å². The number of carbonyl (C=O) groups is 6. The van der Waals surface area contributed by atoms with Crippen LogP contribution in [0.25, 0.3) is 0 Å². The van der Waals surface area contributed by atoms with E-state index in [9.17, 15) is 28.8 Å². The summed E-state index contributed by atoms with van der Waals surface area (Å²) in [4.78, 5) is 77.0. The van der Waals surface area contributed by atoms with Crippen LogP contribution in [0.3, 0.4) is 0 Å². The maximum Gasteiger partial charge on any atom is 0.303 e. The zero-order valence-electron chi connectivity index (χ0n) is 23.7. The van der Waals surface area contributed by atoms with E-state index in [4.69, 9.17) is 38.0 Å². The van der Waals surface area contributed by atoms with Crippen LogP contribution in [0.5, 0.6) is 0 Å². The van der Waals surface area contributed by atoms with Gasteiger partial charge in [-0.15, -0.1) is 0 Å². The van der Waals surface area contributed by atoms with Gasteiger partial charge in [-0.2, -0.15) is 0 Å². The highest BCUT2D eigenvalue weighted by molar-refractivity contribution is 5.88. The van der Waals surface area contributed by atoms with Crippen molar-refractivity contribution in [1.29, 1.82) is 0 Å². The van der Waals surface area contributed by atoms with Crippen molar-refractivity contribution >= 4 is 41.5 Å². The SMILES string of the molecule is CCO[C@H]1CC([C@H](CCOC(C)=O)[C@H](OC(C)=O)[C@@H](OC(C)=O)[C@@H](OC(C)=O)[C@@H](COC(C)=O)OC(C)=O)=NO1. The van der Waals surface area contributed by atoms with Gasteiger partial charge in [0.05, 0.1) is 18.7 Å². The number of oxime groups is 1. The highest BCUT2D eigenvalue weighted by Gasteiger charge is 2.48. The monoisotopic (exact) mass is 575 g/mol. The van der Waals surface area contributed by atoms with Crippen LogP contribution in [-0.2, 0) is 66.8 Å². The molecule has 6 atom stereocenters. The Morgan fingerprint density at radius 2 is 1.27 bits per heavy atom. The van der Waals surface area contributed by atoms with E-state index >= 15 is 0 Å². The summed E-state index contributed by atoms with van der Waals surface area (Å²) in [5, 5.41) is 4.05. The molecule has 0 saturated heterocycles. The van der Waals surface area contributed by atoms with Gasteiger partial charge in [-0.25, -0.2) is 0 Å². The summed E-state index contributed by atoms with van der Waals surface area (Å²) < 4.78 is 37.4. The van der Waals surface area contributed by atoms with E-state index < -0.39 is 79.0 Å². The van der Waals surface area contributed by atoms with E-state index in [1.807, 2.05) is 0 Å². The minimum atomic E-state index is -1.63. The summed E-state index contributed by atoms with van der Waals surface area (Å²) in [6.07, 6.45) is -6.84. The van der Waals surface area contributed by atoms with Crippen LogP contribution in [0.4, 0.5) is 0 Å². The summed E-state index contributed by atoms with van der Waals surface area (Å²) in [7, 11) is 0. The number of ether oxygens (including phenoxy) is 7. The van der Waals surface area contributed by atoms with Crippen molar-refractivity contribution in [3.05, 3.63) is 0 Å². The molecule has 0 bridgehead atoms. The predicted octanol–water partition coefficient (Wildman–Crippen LogP) is 0.985.